The summed E-state index contributed by atoms with van der Waals surface area (Å²) >= 11 is 0. The van der Waals surface area contributed by atoms with Gasteiger partial charge >= 0.3 is 0 Å². The van der Waals surface area contributed by atoms with Crippen molar-refractivity contribution in [3.05, 3.63) is 11.7 Å². The number of ether oxygens (including phenoxy) is 1. The molecule has 0 saturated carbocycles. The van der Waals surface area contributed by atoms with E-state index in [0.717, 1.165) is 31.9 Å². The molecule has 102 valence electrons. The summed E-state index contributed by atoms with van der Waals surface area (Å²) in [5, 5.41) is 4.13. The number of hydrogen-bond acceptors (Lipinski definition) is 5. The maximum atomic E-state index is 6.01. The Hall–Kier alpha value is -0.940. The summed E-state index contributed by atoms with van der Waals surface area (Å²) < 4.78 is 10.8. The van der Waals surface area contributed by atoms with E-state index in [1.807, 2.05) is 6.92 Å². The first-order valence-corrected chi connectivity index (χ1v) is 6.76. The number of hydrogen-bond donors (Lipinski definition) is 1. The Morgan fingerprint density at radius 1 is 1.22 bits per heavy atom. The second-order valence-corrected chi connectivity index (χ2v) is 5.51. The first-order valence-electron chi connectivity index (χ1n) is 6.76. The van der Waals surface area contributed by atoms with Crippen molar-refractivity contribution >= 4 is 0 Å². The molecule has 0 radical (unpaired) electrons. The van der Waals surface area contributed by atoms with Gasteiger partial charge in [0.2, 0.25) is 5.89 Å². The van der Waals surface area contributed by atoms with Crippen molar-refractivity contribution in [3.63, 3.8) is 0 Å². The zero-order valence-electron chi connectivity index (χ0n) is 11.4. The fourth-order valence-corrected chi connectivity index (χ4v) is 2.62. The Balaban J connectivity index is 2.13. The van der Waals surface area contributed by atoms with Crippen LogP contribution in [-0.4, -0.2) is 29.4 Å². The standard InChI is InChI=1S/C13H23N3O2/c1-8(2)11(9(3)14)13-15-12(16-18-13)10-4-6-17-7-5-10/h8-11H,4-7,14H2,1-3H3. The van der Waals surface area contributed by atoms with Gasteiger partial charge < -0.3 is 15.0 Å². The van der Waals surface area contributed by atoms with Crippen molar-refractivity contribution in [1.29, 1.82) is 0 Å². The summed E-state index contributed by atoms with van der Waals surface area (Å²) in [6.45, 7) is 7.83. The molecule has 0 aromatic carbocycles. The van der Waals surface area contributed by atoms with Crippen LogP contribution in [0.25, 0.3) is 0 Å². The predicted molar refractivity (Wildman–Crippen MR) is 68.3 cm³/mol. The molecule has 0 spiro atoms. The first kappa shape index (κ1) is 13.5. The van der Waals surface area contributed by atoms with E-state index in [9.17, 15) is 0 Å². The van der Waals surface area contributed by atoms with Crippen LogP contribution < -0.4 is 5.73 Å². The van der Waals surface area contributed by atoms with Crippen LogP contribution in [0, 0.1) is 5.92 Å². The Morgan fingerprint density at radius 2 is 1.89 bits per heavy atom. The van der Waals surface area contributed by atoms with Gasteiger partial charge in [-0.15, -0.1) is 0 Å². The fourth-order valence-electron chi connectivity index (χ4n) is 2.62. The molecule has 5 heteroatoms. The molecule has 1 fully saturated rings. The molecule has 0 aliphatic carbocycles. The SMILES string of the molecule is CC(C)C(c1nc(C2CCOCC2)no1)C(C)N. The second-order valence-electron chi connectivity index (χ2n) is 5.51. The van der Waals surface area contributed by atoms with Gasteiger partial charge in [-0.1, -0.05) is 19.0 Å². The molecule has 1 aliphatic heterocycles. The highest BCUT2D eigenvalue weighted by atomic mass is 16.5. The van der Waals surface area contributed by atoms with E-state index in [0.29, 0.717) is 17.7 Å². The molecule has 2 unspecified atom stereocenters. The summed E-state index contributed by atoms with van der Waals surface area (Å²) in [6.07, 6.45) is 1.95. The smallest absolute Gasteiger partial charge is 0.231 e. The minimum atomic E-state index is 0.0213. The number of rotatable bonds is 4. The number of aromatic nitrogens is 2. The van der Waals surface area contributed by atoms with Crippen LogP contribution in [0.1, 0.15) is 57.2 Å². The normalized spacial score (nSPS) is 21.2. The molecule has 2 N–H and O–H groups in total. The molecule has 1 aromatic heterocycles. The van der Waals surface area contributed by atoms with Crippen LogP contribution in [0.2, 0.25) is 0 Å². The minimum absolute atomic E-state index is 0.0213. The molecule has 18 heavy (non-hydrogen) atoms. The minimum Gasteiger partial charge on any atom is -0.381 e. The molecule has 1 aromatic rings. The van der Waals surface area contributed by atoms with Crippen molar-refractivity contribution in [2.45, 2.75) is 51.5 Å². The van der Waals surface area contributed by atoms with E-state index in [1.54, 1.807) is 0 Å². The molecule has 1 aliphatic rings. The topological polar surface area (TPSA) is 74.2 Å². The Kier molecular flexibility index (Phi) is 4.35. The molecule has 2 atom stereocenters. The average Bonchev–Trinajstić information content (AvgIpc) is 2.78. The van der Waals surface area contributed by atoms with Crippen LogP contribution in [0.15, 0.2) is 4.52 Å². The monoisotopic (exact) mass is 253 g/mol. The highest BCUT2D eigenvalue weighted by Crippen LogP contribution is 2.29. The van der Waals surface area contributed by atoms with Crippen molar-refractivity contribution in [2.24, 2.45) is 11.7 Å². The Morgan fingerprint density at radius 3 is 2.44 bits per heavy atom. The van der Waals surface area contributed by atoms with E-state index in [-0.39, 0.29) is 12.0 Å². The fraction of sp³-hybridized carbons (Fsp3) is 0.846. The van der Waals surface area contributed by atoms with E-state index in [1.165, 1.54) is 0 Å². The van der Waals surface area contributed by atoms with Crippen molar-refractivity contribution in [2.75, 3.05) is 13.2 Å². The Bertz CT molecular complexity index is 362. The van der Waals surface area contributed by atoms with Gasteiger partial charge in [0, 0.05) is 25.2 Å². The van der Waals surface area contributed by atoms with Crippen LogP contribution in [-0.2, 0) is 4.74 Å². The van der Waals surface area contributed by atoms with Gasteiger partial charge in [-0.2, -0.15) is 4.98 Å². The summed E-state index contributed by atoms with van der Waals surface area (Å²) in [5.41, 5.74) is 6.01. The number of nitrogens with two attached hydrogens (primary N) is 1. The Labute approximate surface area is 108 Å². The second kappa shape index (κ2) is 5.80. The third-order valence-corrected chi connectivity index (χ3v) is 3.61. The van der Waals surface area contributed by atoms with Gasteiger partial charge in [0.05, 0.1) is 5.92 Å². The lowest BCUT2D eigenvalue weighted by Crippen LogP contribution is -2.28. The zero-order valence-corrected chi connectivity index (χ0v) is 11.4. The van der Waals surface area contributed by atoms with Gasteiger partial charge in [0.1, 0.15) is 0 Å². The lowest BCUT2D eigenvalue weighted by atomic mass is 9.89. The lowest BCUT2D eigenvalue weighted by Gasteiger charge is -2.20. The van der Waals surface area contributed by atoms with E-state index >= 15 is 0 Å². The summed E-state index contributed by atoms with van der Waals surface area (Å²) in [4.78, 5) is 4.56. The highest BCUT2D eigenvalue weighted by Gasteiger charge is 2.28. The van der Waals surface area contributed by atoms with Crippen LogP contribution in [0.4, 0.5) is 0 Å². The highest BCUT2D eigenvalue weighted by molar-refractivity contribution is 5.03. The first-order chi connectivity index (χ1) is 8.59. The van der Waals surface area contributed by atoms with Gasteiger partial charge in [-0.05, 0) is 25.7 Å². The average molecular weight is 253 g/mol. The van der Waals surface area contributed by atoms with Gasteiger partial charge in [0.25, 0.3) is 0 Å². The van der Waals surface area contributed by atoms with Crippen LogP contribution in [0.5, 0.6) is 0 Å². The molecule has 0 amide bonds. The predicted octanol–water partition coefficient (Wildman–Crippen LogP) is 2.05. The molecule has 2 rings (SSSR count). The maximum Gasteiger partial charge on any atom is 0.231 e. The zero-order chi connectivity index (χ0) is 13.1. The summed E-state index contributed by atoms with van der Waals surface area (Å²) in [5.74, 6) is 2.40. The third-order valence-electron chi connectivity index (χ3n) is 3.61. The summed E-state index contributed by atoms with van der Waals surface area (Å²) in [6, 6.07) is 0.0213. The molecule has 0 bridgehead atoms. The summed E-state index contributed by atoms with van der Waals surface area (Å²) in [7, 11) is 0. The molecule has 1 saturated heterocycles. The van der Waals surface area contributed by atoms with E-state index in [4.69, 9.17) is 15.0 Å². The van der Waals surface area contributed by atoms with Crippen molar-refractivity contribution in [1.82, 2.24) is 10.1 Å². The van der Waals surface area contributed by atoms with Gasteiger partial charge in [-0.25, -0.2) is 0 Å². The van der Waals surface area contributed by atoms with Crippen molar-refractivity contribution < 1.29 is 9.26 Å². The molecule has 5 nitrogen and oxygen atoms in total. The van der Waals surface area contributed by atoms with Gasteiger partial charge in [-0.3, -0.25) is 0 Å². The molecule has 2 heterocycles. The lowest BCUT2D eigenvalue weighted by molar-refractivity contribution is 0.0830. The van der Waals surface area contributed by atoms with E-state index in [2.05, 4.69) is 24.0 Å². The van der Waals surface area contributed by atoms with E-state index < -0.39 is 0 Å². The number of nitrogens with zero attached hydrogens (tertiary/aromatic N) is 2. The van der Waals surface area contributed by atoms with Crippen LogP contribution >= 0.6 is 0 Å². The van der Waals surface area contributed by atoms with Gasteiger partial charge in [0.15, 0.2) is 5.82 Å². The molecular formula is C13H23N3O2. The largest absolute Gasteiger partial charge is 0.381 e. The third kappa shape index (κ3) is 2.90. The van der Waals surface area contributed by atoms with Crippen molar-refractivity contribution in [3.8, 4) is 0 Å². The van der Waals surface area contributed by atoms with Crippen LogP contribution in [0.3, 0.4) is 0 Å². The quantitative estimate of drug-likeness (QED) is 0.889. The maximum absolute atomic E-state index is 6.01. The molecular weight excluding hydrogens is 230 g/mol.